The number of aryl methyl sites for hydroxylation is 2. The van der Waals surface area contributed by atoms with Crippen LogP contribution in [0.5, 0.6) is 0 Å². The van der Waals surface area contributed by atoms with Gasteiger partial charge in [-0.05, 0) is 31.0 Å². The number of amides is 1. The van der Waals surface area contributed by atoms with Crippen LogP contribution in [-0.2, 0) is 7.05 Å². The normalized spacial score (nSPS) is 11.2. The van der Waals surface area contributed by atoms with E-state index in [1.54, 1.807) is 19.3 Å². The molecule has 7 nitrogen and oxygen atoms in total. The zero-order valence-corrected chi connectivity index (χ0v) is 16.7. The van der Waals surface area contributed by atoms with Crippen molar-refractivity contribution in [1.29, 1.82) is 5.41 Å². The molecule has 0 fully saturated rings. The summed E-state index contributed by atoms with van der Waals surface area (Å²) in [6.45, 7) is 4.62. The van der Waals surface area contributed by atoms with Gasteiger partial charge in [0.15, 0.2) is 0 Å². The zero-order valence-electron chi connectivity index (χ0n) is 16.7. The van der Waals surface area contributed by atoms with E-state index in [1.165, 1.54) is 27.9 Å². The summed E-state index contributed by atoms with van der Waals surface area (Å²) in [5.74, 6) is -0.327. The summed E-state index contributed by atoms with van der Waals surface area (Å²) in [5, 5.41) is 11.6. The van der Waals surface area contributed by atoms with Crippen molar-refractivity contribution in [3.05, 3.63) is 51.4 Å². The molecule has 0 aromatic carbocycles. The number of nitrogens with one attached hydrogen (secondary N) is 2. The number of fused-ring (bicyclic) bond motifs is 2. The van der Waals surface area contributed by atoms with E-state index in [1.807, 2.05) is 13.0 Å². The Bertz CT molecular complexity index is 1140. The number of nitrogens with zero attached hydrogens (tertiary/aromatic N) is 3. The van der Waals surface area contributed by atoms with Crippen molar-refractivity contribution >= 4 is 22.6 Å². The van der Waals surface area contributed by atoms with Crippen LogP contribution in [-0.4, -0.2) is 26.4 Å². The molecule has 0 atom stereocenters. The fraction of sp³-hybridized carbons (Fsp3) is 0.429. The van der Waals surface area contributed by atoms with Crippen LogP contribution < -0.4 is 16.4 Å². The molecule has 7 heteroatoms. The number of unbranched alkanes of at least 4 members (excludes halogenated alkanes) is 4. The highest BCUT2D eigenvalue weighted by Crippen LogP contribution is 2.12. The number of carbonyl (C=O) groups is 1. The van der Waals surface area contributed by atoms with Crippen molar-refractivity contribution in [3.63, 3.8) is 0 Å². The SMILES string of the molecule is CCCCCCCNC(=O)c1cc2c(=O)n3cccc(C)c3nc2n(C)c1=N. The molecule has 28 heavy (non-hydrogen) atoms. The van der Waals surface area contributed by atoms with Crippen molar-refractivity contribution < 1.29 is 4.79 Å². The van der Waals surface area contributed by atoms with Crippen molar-refractivity contribution in [2.75, 3.05) is 6.54 Å². The van der Waals surface area contributed by atoms with Crippen molar-refractivity contribution in [3.8, 4) is 0 Å². The molecule has 148 valence electrons. The molecule has 3 rings (SSSR count). The molecule has 0 aliphatic carbocycles. The molecular weight excluding hydrogens is 354 g/mol. The molecule has 0 saturated heterocycles. The van der Waals surface area contributed by atoms with E-state index in [0.29, 0.717) is 23.2 Å². The highest BCUT2D eigenvalue weighted by Gasteiger charge is 2.16. The first kappa shape index (κ1) is 19.8. The Kier molecular flexibility index (Phi) is 5.92. The van der Waals surface area contributed by atoms with Crippen molar-refractivity contribution in [1.82, 2.24) is 19.3 Å². The van der Waals surface area contributed by atoms with Crippen LogP contribution in [0.3, 0.4) is 0 Å². The minimum atomic E-state index is -0.327. The summed E-state index contributed by atoms with van der Waals surface area (Å²) in [6.07, 6.45) is 7.20. The van der Waals surface area contributed by atoms with E-state index >= 15 is 0 Å². The Morgan fingerprint density at radius 2 is 1.96 bits per heavy atom. The van der Waals surface area contributed by atoms with Crippen molar-refractivity contribution in [2.24, 2.45) is 7.05 Å². The van der Waals surface area contributed by atoms with Crippen molar-refractivity contribution in [2.45, 2.75) is 46.0 Å². The van der Waals surface area contributed by atoms with E-state index in [4.69, 9.17) is 5.41 Å². The van der Waals surface area contributed by atoms with E-state index in [2.05, 4.69) is 17.2 Å². The fourth-order valence-electron chi connectivity index (χ4n) is 3.38. The highest BCUT2D eigenvalue weighted by atomic mass is 16.1. The Hall–Kier alpha value is -2.96. The molecule has 1 amide bonds. The quantitative estimate of drug-likeness (QED) is 0.487. The van der Waals surface area contributed by atoms with Gasteiger partial charge in [-0.25, -0.2) is 4.98 Å². The van der Waals surface area contributed by atoms with Gasteiger partial charge in [-0.15, -0.1) is 0 Å². The third kappa shape index (κ3) is 3.69. The highest BCUT2D eigenvalue weighted by molar-refractivity contribution is 5.96. The monoisotopic (exact) mass is 381 g/mol. The molecule has 0 spiro atoms. The van der Waals surface area contributed by atoms with Crippen LogP contribution in [0.4, 0.5) is 0 Å². The number of pyridine rings is 2. The van der Waals surface area contributed by atoms with Gasteiger partial charge in [0.05, 0.1) is 10.9 Å². The number of aromatic nitrogens is 3. The van der Waals surface area contributed by atoms with Gasteiger partial charge in [-0.1, -0.05) is 38.7 Å². The average Bonchev–Trinajstić information content (AvgIpc) is 2.68. The zero-order chi connectivity index (χ0) is 20.3. The smallest absolute Gasteiger partial charge is 0.267 e. The number of hydrogen-bond donors (Lipinski definition) is 2. The van der Waals surface area contributed by atoms with Gasteiger partial charge in [0.25, 0.3) is 11.5 Å². The minimum Gasteiger partial charge on any atom is -0.352 e. The fourth-order valence-corrected chi connectivity index (χ4v) is 3.38. The maximum atomic E-state index is 13.0. The number of hydrogen-bond acceptors (Lipinski definition) is 4. The lowest BCUT2D eigenvalue weighted by atomic mass is 10.1. The van der Waals surface area contributed by atoms with E-state index in [0.717, 1.165) is 24.8 Å². The Morgan fingerprint density at radius 1 is 1.21 bits per heavy atom. The molecule has 0 radical (unpaired) electrons. The molecule has 0 saturated carbocycles. The van der Waals surface area contributed by atoms with Crippen LogP contribution in [0.2, 0.25) is 0 Å². The topological polar surface area (TPSA) is 92.2 Å². The van der Waals surface area contributed by atoms with Crippen LogP contribution >= 0.6 is 0 Å². The Morgan fingerprint density at radius 3 is 2.71 bits per heavy atom. The molecule has 3 aromatic rings. The Balaban J connectivity index is 1.96. The molecular formula is C21H27N5O2. The summed E-state index contributed by atoms with van der Waals surface area (Å²) in [5.41, 5.74) is 1.82. The second-order valence-corrected chi connectivity index (χ2v) is 7.17. The number of carbonyl (C=O) groups excluding carboxylic acids is 1. The standard InChI is InChI=1S/C21H27N5O2/c1-4-5-6-7-8-11-23-20(27)15-13-16-19(25(3)17(15)22)24-18-14(2)10-9-12-26(18)21(16)28/h9-10,12-13,22H,4-8,11H2,1-3H3,(H,23,27). The van der Waals surface area contributed by atoms with E-state index < -0.39 is 0 Å². The second kappa shape index (κ2) is 8.37. The van der Waals surface area contributed by atoms with Crippen LogP contribution in [0.15, 0.2) is 29.2 Å². The Labute approximate surface area is 163 Å². The lowest BCUT2D eigenvalue weighted by molar-refractivity contribution is 0.0950. The molecule has 3 aromatic heterocycles. The molecule has 0 bridgehead atoms. The molecule has 0 unspecified atom stereocenters. The van der Waals surface area contributed by atoms with E-state index in [-0.39, 0.29) is 22.5 Å². The second-order valence-electron chi connectivity index (χ2n) is 7.17. The predicted molar refractivity (Wildman–Crippen MR) is 110 cm³/mol. The van der Waals surface area contributed by atoms with Crippen LogP contribution in [0.25, 0.3) is 16.7 Å². The third-order valence-corrected chi connectivity index (χ3v) is 5.07. The van der Waals surface area contributed by atoms with E-state index in [9.17, 15) is 9.59 Å². The van der Waals surface area contributed by atoms with Gasteiger partial charge < -0.3 is 9.88 Å². The van der Waals surface area contributed by atoms with Gasteiger partial charge in [0.2, 0.25) is 0 Å². The summed E-state index contributed by atoms with van der Waals surface area (Å²) in [4.78, 5) is 30.1. The number of rotatable bonds is 7. The van der Waals surface area contributed by atoms with Gasteiger partial charge in [0.1, 0.15) is 16.8 Å². The van der Waals surface area contributed by atoms with Gasteiger partial charge in [-0.2, -0.15) is 0 Å². The third-order valence-electron chi connectivity index (χ3n) is 5.07. The summed E-state index contributed by atoms with van der Waals surface area (Å²) in [6, 6.07) is 5.17. The first-order chi connectivity index (χ1) is 13.5. The maximum absolute atomic E-state index is 13.0. The first-order valence-corrected chi connectivity index (χ1v) is 9.80. The van der Waals surface area contributed by atoms with Gasteiger partial charge >= 0.3 is 0 Å². The predicted octanol–water partition coefficient (Wildman–Crippen LogP) is 2.67. The maximum Gasteiger partial charge on any atom is 0.267 e. The molecule has 2 N–H and O–H groups in total. The molecule has 0 aliphatic heterocycles. The van der Waals surface area contributed by atoms with Crippen LogP contribution in [0.1, 0.15) is 54.9 Å². The van der Waals surface area contributed by atoms with Crippen LogP contribution in [0, 0.1) is 12.3 Å². The first-order valence-electron chi connectivity index (χ1n) is 9.80. The van der Waals surface area contributed by atoms with Gasteiger partial charge in [0, 0.05) is 19.8 Å². The average molecular weight is 381 g/mol. The summed E-state index contributed by atoms with van der Waals surface area (Å²) in [7, 11) is 1.66. The summed E-state index contributed by atoms with van der Waals surface area (Å²) >= 11 is 0. The largest absolute Gasteiger partial charge is 0.352 e. The molecule has 3 heterocycles. The lowest BCUT2D eigenvalue weighted by Gasteiger charge is -2.12. The minimum absolute atomic E-state index is 0.0424. The molecule has 0 aliphatic rings. The summed E-state index contributed by atoms with van der Waals surface area (Å²) < 4.78 is 2.98. The van der Waals surface area contributed by atoms with Gasteiger partial charge in [-0.3, -0.25) is 19.4 Å². The lowest BCUT2D eigenvalue weighted by Crippen LogP contribution is -2.34.